The van der Waals surface area contributed by atoms with Gasteiger partial charge in [0.2, 0.25) is 0 Å². The molecule has 0 spiro atoms. The monoisotopic (exact) mass is 326 g/mol. The van der Waals surface area contributed by atoms with E-state index in [1.165, 1.54) is 25.7 Å². The molecule has 24 heavy (non-hydrogen) atoms. The fourth-order valence-electron chi connectivity index (χ4n) is 3.27. The Hall–Kier alpha value is -2.78. The second kappa shape index (κ2) is 5.11. The molecule has 0 bridgehead atoms. The summed E-state index contributed by atoms with van der Waals surface area (Å²) in [6, 6.07) is 21.6. The van der Waals surface area contributed by atoms with E-state index in [4.69, 9.17) is 0 Å². The van der Waals surface area contributed by atoms with E-state index in [2.05, 4.69) is 77.6 Å². The van der Waals surface area contributed by atoms with Gasteiger partial charge in [0.15, 0.2) is 0 Å². The lowest BCUT2D eigenvalue weighted by Gasteiger charge is -2.06. The van der Waals surface area contributed by atoms with Crippen LogP contribution in [0.25, 0.3) is 42.3 Å². The predicted octanol–water partition coefficient (Wildman–Crippen LogP) is 5.97. The quantitative estimate of drug-likeness (QED) is 0.379. The molecule has 0 radical (unpaired) electrons. The third-order valence-corrected chi connectivity index (χ3v) is 5.59. The van der Waals surface area contributed by atoms with Crippen LogP contribution in [0.2, 0.25) is 0 Å². The summed E-state index contributed by atoms with van der Waals surface area (Å²) in [5, 5.41) is 3.71. The lowest BCUT2D eigenvalue weighted by Crippen LogP contribution is -1.89. The number of hydrogen-bond donors (Lipinski definition) is 0. The van der Waals surface area contributed by atoms with Gasteiger partial charge in [-0.3, -0.25) is 0 Å². The standard InChI is InChI=1S/C21H14N2S/c1-13-6-8-16-18(10-13)22-12-23-21(16)14-7-9-20-17(11-14)15-4-2-3-5-19(15)24-20/h2-12H,1H3. The molecule has 2 heterocycles. The zero-order valence-corrected chi connectivity index (χ0v) is 14.0. The predicted molar refractivity (Wildman–Crippen MR) is 103 cm³/mol. The van der Waals surface area contributed by atoms with Crippen molar-refractivity contribution in [3.63, 3.8) is 0 Å². The van der Waals surface area contributed by atoms with Gasteiger partial charge >= 0.3 is 0 Å². The molecule has 3 aromatic carbocycles. The van der Waals surface area contributed by atoms with Crippen molar-refractivity contribution in [2.45, 2.75) is 6.92 Å². The number of benzene rings is 3. The first-order chi connectivity index (χ1) is 11.8. The van der Waals surface area contributed by atoms with Gasteiger partial charge in [0, 0.05) is 31.1 Å². The van der Waals surface area contributed by atoms with Crippen molar-refractivity contribution in [2.24, 2.45) is 0 Å². The molecule has 5 aromatic rings. The average Bonchev–Trinajstić information content (AvgIpc) is 2.99. The Morgan fingerprint density at radius 2 is 1.62 bits per heavy atom. The molecule has 0 atom stereocenters. The average molecular weight is 326 g/mol. The summed E-state index contributed by atoms with van der Waals surface area (Å²) in [6.07, 6.45) is 1.66. The molecule has 0 saturated carbocycles. The van der Waals surface area contributed by atoms with E-state index in [0.29, 0.717) is 0 Å². The van der Waals surface area contributed by atoms with Gasteiger partial charge < -0.3 is 0 Å². The van der Waals surface area contributed by atoms with E-state index < -0.39 is 0 Å². The fourth-order valence-corrected chi connectivity index (χ4v) is 4.36. The van der Waals surface area contributed by atoms with E-state index in [-0.39, 0.29) is 0 Å². The highest BCUT2D eigenvalue weighted by atomic mass is 32.1. The smallest absolute Gasteiger partial charge is 0.116 e. The third-order valence-electron chi connectivity index (χ3n) is 4.44. The summed E-state index contributed by atoms with van der Waals surface area (Å²) in [4.78, 5) is 8.99. The van der Waals surface area contributed by atoms with Crippen molar-refractivity contribution < 1.29 is 0 Å². The molecule has 0 fully saturated rings. The van der Waals surface area contributed by atoms with E-state index in [1.807, 2.05) is 11.3 Å². The molecule has 0 amide bonds. The summed E-state index contributed by atoms with van der Waals surface area (Å²) in [7, 11) is 0. The fraction of sp³-hybridized carbons (Fsp3) is 0.0476. The molecule has 0 saturated heterocycles. The van der Waals surface area contributed by atoms with Crippen molar-refractivity contribution in [3.05, 3.63) is 72.6 Å². The minimum atomic E-state index is 0.996. The lowest BCUT2D eigenvalue weighted by molar-refractivity contribution is 1.22. The Morgan fingerprint density at radius 1 is 0.750 bits per heavy atom. The van der Waals surface area contributed by atoms with Crippen LogP contribution in [0.15, 0.2) is 67.0 Å². The van der Waals surface area contributed by atoms with Gasteiger partial charge in [0.05, 0.1) is 11.2 Å². The number of rotatable bonds is 1. The highest BCUT2D eigenvalue weighted by molar-refractivity contribution is 7.25. The first kappa shape index (κ1) is 13.6. The molecule has 2 nitrogen and oxygen atoms in total. The van der Waals surface area contributed by atoms with Gasteiger partial charge in [-0.2, -0.15) is 0 Å². The Labute approximate surface area is 143 Å². The molecule has 0 aliphatic heterocycles. The van der Waals surface area contributed by atoms with Crippen LogP contribution in [-0.4, -0.2) is 9.97 Å². The summed E-state index contributed by atoms with van der Waals surface area (Å²) in [5.74, 6) is 0. The van der Waals surface area contributed by atoms with Gasteiger partial charge in [0.1, 0.15) is 6.33 Å². The van der Waals surface area contributed by atoms with Crippen LogP contribution in [0.4, 0.5) is 0 Å². The number of aryl methyl sites for hydroxylation is 1. The number of aromatic nitrogens is 2. The molecule has 5 rings (SSSR count). The maximum absolute atomic E-state index is 4.57. The number of thiophene rings is 1. The minimum Gasteiger partial charge on any atom is -0.236 e. The maximum atomic E-state index is 4.57. The number of hydrogen-bond acceptors (Lipinski definition) is 3. The van der Waals surface area contributed by atoms with Crippen LogP contribution in [0, 0.1) is 6.92 Å². The van der Waals surface area contributed by atoms with E-state index in [0.717, 1.165) is 22.2 Å². The second-order valence-corrected chi connectivity index (χ2v) is 7.14. The molecule has 0 aliphatic carbocycles. The first-order valence-corrected chi connectivity index (χ1v) is 8.74. The second-order valence-electron chi connectivity index (χ2n) is 6.05. The molecular weight excluding hydrogens is 312 g/mol. The molecular formula is C21H14N2S. The largest absolute Gasteiger partial charge is 0.236 e. The van der Waals surface area contributed by atoms with Crippen molar-refractivity contribution in [1.82, 2.24) is 9.97 Å². The van der Waals surface area contributed by atoms with Gasteiger partial charge in [-0.05, 0) is 36.8 Å². The molecule has 3 heteroatoms. The molecule has 0 unspecified atom stereocenters. The summed E-state index contributed by atoms with van der Waals surface area (Å²) >= 11 is 1.84. The molecule has 2 aromatic heterocycles. The van der Waals surface area contributed by atoms with Crippen LogP contribution < -0.4 is 0 Å². The van der Waals surface area contributed by atoms with Gasteiger partial charge in [-0.15, -0.1) is 11.3 Å². The van der Waals surface area contributed by atoms with Gasteiger partial charge in [-0.1, -0.05) is 36.4 Å². The third kappa shape index (κ3) is 2.02. The van der Waals surface area contributed by atoms with Crippen molar-refractivity contribution >= 4 is 42.4 Å². The van der Waals surface area contributed by atoms with Gasteiger partial charge in [0.25, 0.3) is 0 Å². The van der Waals surface area contributed by atoms with Crippen molar-refractivity contribution in [3.8, 4) is 11.3 Å². The van der Waals surface area contributed by atoms with E-state index in [1.54, 1.807) is 6.33 Å². The van der Waals surface area contributed by atoms with Crippen molar-refractivity contribution in [1.29, 1.82) is 0 Å². The Morgan fingerprint density at radius 3 is 2.58 bits per heavy atom. The van der Waals surface area contributed by atoms with Crippen LogP contribution in [0.5, 0.6) is 0 Å². The highest BCUT2D eigenvalue weighted by Crippen LogP contribution is 2.36. The Kier molecular flexibility index (Phi) is 2.91. The topological polar surface area (TPSA) is 25.8 Å². The van der Waals surface area contributed by atoms with E-state index >= 15 is 0 Å². The normalized spacial score (nSPS) is 11.5. The zero-order chi connectivity index (χ0) is 16.1. The molecule has 0 aliphatic rings. The van der Waals surface area contributed by atoms with E-state index in [9.17, 15) is 0 Å². The summed E-state index contributed by atoms with van der Waals surface area (Å²) in [6.45, 7) is 2.09. The Balaban J connectivity index is 1.82. The van der Waals surface area contributed by atoms with Crippen molar-refractivity contribution in [2.75, 3.05) is 0 Å². The number of fused-ring (bicyclic) bond motifs is 4. The number of nitrogens with zero attached hydrogens (tertiary/aromatic N) is 2. The summed E-state index contributed by atoms with van der Waals surface area (Å²) in [5.41, 5.74) is 4.35. The Bertz CT molecular complexity index is 1220. The molecule has 0 N–H and O–H groups in total. The highest BCUT2D eigenvalue weighted by Gasteiger charge is 2.10. The van der Waals surface area contributed by atoms with Crippen LogP contribution in [0.1, 0.15) is 5.56 Å². The van der Waals surface area contributed by atoms with Crippen LogP contribution >= 0.6 is 11.3 Å². The SMILES string of the molecule is Cc1ccc2c(-c3ccc4sc5ccccc5c4c3)ncnc2c1. The molecule has 114 valence electrons. The maximum Gasteiger partial charge on any atom is 0.116 e. The van der Waals surface area contributed by atoms with Crippen LogP contribution in [-0.2, 0) is 0 Å². The first-order valence-electron chi connectivity index (χ1n) is 7.93. The van der Waals surface area contributed by atoms with Crippen LogP contribution in [0.3, 0.4) is 0 Å². The summed E-state index contributed by atoms with van der Waals surface area (Å²) < 4.78 is 2.64. The zero-order valence-electron chi connectivity index (χ0n) is 13.2. The lowest BCUT2D eigenvalue weighted by atomic mass is 10.0. The minimum absolute atomic E-state index is 0.996. The van der Waals surface area contributed by atoms with Gasteiger partial charge in [-0.25, -0.2) is 9.97 Å².